The molecular formula is C18H14Cl2N4O2. The third kappa shape index (κ3) is 4.22. The van der Waals surface area contributed by atoms with Crippen LogP contribution in [0.5, 0.6) is 0 Å². The van der Waals surface area contributed by atoms with E-state index in [1.54, 1.807) is 30.4 Å². The average molecular weight is 389 g/mol. The highest BCUT2D eigenvalue weighted by atomic mass is 35.5. The number of methoxy groups -OCH3 is 1. The molecule has 0 unspecified atom stereocenters. The van der Waals surface area contributed by atoms with Gasteiger partial charge in [0.15, 0.2) is 5.76 Å². The van der Waals surface area contributed by atoms with Gasteiger partial charge in [-0.05, 0) is 30.4 Å². The number of rotatable bonds is 5. The van der Waals surface area contributed by atoms with Crippen molar-refractivity contribution < 1.29 is 9.53 Å². The van der Waals surface area contributed by atoms with Gasteiger partial charge >= 0.3 is 0 Å². The molecule has 8 heteroatoms. The number of anilines is 1. The van der Waals surface area contributed by atoms with E-state index in [0.29, 0.717) is 15.7 Å². The quantitative estimate of drug-likeness (QED) is 0.384. The molecule has 3 aromatic rings. The lowest BCUT2D eigenvalue weighted by Crippen LogP contribution is -2.15. The van der Waals surface area contributed by atoms with Crippen LogP contribution in [0.4, 0.5) is 5.69 Å². The number of aromatic amines is 1. The molecule has 0 aliphatic heterocycles. The van der Waals surface area contributed by atoms with Crippen molar-refractivity contribution in [3.63, 3.8) is 0 Å². The van der Waals surface area contributed by atoms with Crippen LogP contribution in [-0.2, 0) is 9.53 Å². The second-order valence-corrected chi connectivity index (χ2v) is 6.07. The lowest BCUT2D eigenvalue weighted by atomic mass is 10.2. The Morgan fingerprint density at radius 1 is 1.19 bits per heavy atom. The summed E-state index contributed by atoms with van der Waals surface area (Å²) in [6.45, 7) is 0. The highest BCUT2D eigenvalue weighted by molar-refractivity contribution is 6.42. The van der Waals surface area contributed by atoms with E-state index in [1.165, 1.54) is 25.8 Å². The third-order valence-electron chi connectivity index (χ3n) is 3.47. The molecule has 1 amide bonds. The number of hydrogen-bond donors (Lipinski definition) is 2. The van der Waals surface area contributed by atoms with Crippen LogP contribution in [0, 0.1) is 0 Å². The Morgan fingerprint density at radius 2 is 1.92 bits per heavy atom. The van der Waals surface area contributed by atoms with Gasteiger partial charge in [0.05, 0.1) is 35.2 Å². The first-order valence-electron chi connectivity index (χ1n) is 7.53. The van der Waals surface area contributed by atoms with E-state index in [9.17, 15) is 4.79 Å². The number of amides is 1. The maximum absolute atomic E-state index is 12.2. The molecule has 0 aliphatic rings. The molecule has 0 saturated carbocycles. The molecule has 6 nitrogen and oxygen atoms in total. The van der Waals surface area contributed by atoms with Crippen LogP contribution < -0.4 is 5.32 Å². The van der Waals surface area contributed by atoms with E-state index in [1.807, 2.05) is 6.07 Å². The summed E-state index contributed by atoms with van der Waals surface area (Å²) in [6, 6.07) is 5.48. The Bertz CT molecular complexity index is 958. The number of halogens is 2. The molecule has 0 spiro atoms. The molecule has 132 valence electrons. The predicted octanol–water partition coefficient (Wildman–Crippen LogP) is 4.45. The minimum atomic E-state index is -0.401. The summed E-state index contributed by atoms with van der Waals surface area (Å²) in [5.74, 6) is -0.255. The normalized spacial score (nSPS) is 11.9. The van der Waals surface area contributed by atoms with Crippen molar-refractivity contribution in [1.29, 1.82) is 0 Å². The molecule has 0 aliphatic carbocycles. The van der Waals surface area contributed by atoms with E-state index in [-0.39, 0.29) is 5.76 Å². The van der Waals surface area contributed by atoms with Gasteiger partial charge in [-0.15, -0.1) is 0 Å². The van der Waals surface area contributed by atoms with Crippen LogP contribution in [0.3, 0.4) is 0 Å². The standard InChI is InChI=1S/C18H14Cl2N4O2/c1-26-17(18(25)24-13-8-21-10-22-9-13)4-2-3-12-5-11-6-14(19)15(20)7-16(11)23-12/h2-10,23H,1H3,(H,24,25). The van der Waals surface area contributed by atoms with Gasteiger partial charge in [0.2, 0.25) is 0 Å². The number of ether oxygens (including phenoxy) is 1. The van der Waals surface area contributed by atoms with Crippen LogP contribution in [0.1, 0.15) is 5.69 Å². The van der Waals surface area contributed by atoms with Gasteiger partial charge in [0, 0.05) is 16.6 Å². The highest BCUT2D eigenvalue weighted by Gasteiger charge is 2.09. The molecule has 2 heterocycles. The minimum Gasteiger partial charge on any atom is -0.491 e. The molecule has 2 N–H and O–H groups in total. The molecular weight excluding hydrogens is 375 g/mol. The van der Waals surface area contributed by atoms with Gasteiger partial charge in [-0.25, -0.2) is 9.97 Å². The van der Waals surface area contributed by atoms with Crippen molar-refractivity contribution in [2.75, 3.05) is 12.4 Å². The number of hydrogen-bond acceptors (Lipinski definition) is 4. The number of nitrogens with zero attached hydrogens (tertiary/aromatic N) is 2. The summed E-state index contributed by atoms with van der Waals surface area (Å²) in [6.07, 6.45) is 9.44. The summed E-state index contributed by atoms with van der Waals surface area (Å²) < 4.78 is 5.12. The number of H-pyrrole nitrogens is 1. The Morgan fingerprint density at radius 3 is 2.65 bits per heavy atom. The Kier molecular flexibility index (Phi) is 5.55. The minimum absolute atomic E-state index is 0.146. The van der Waals surface area contributed by atoms with Gasteiger partial charge in [0.25, 0.3) is 5.91 Å². The molecule has 1 aromatic carbocycles. The lowest BCUT2D eigenvalue weighted by molar-refractivity contribution is -0.115. The first-order valence-corrected chi connectivity index (χ1v) is 8.29. The van der Waals surface area contributed by atoms with Crippen molar-refractivity contribution in [3.8, 4) is 0 Å². The molecule has 0 atom stereocenters. The van der Waals surface area contributed by atoms with Crippen LogP contribution in [0.25, 0.3) is 17.0 Å². The summed E-state index contributed by atoms with van der Waals surface area (Å²) >= 11 is 12.0. The zero-order chi connectivity index (χ0) is 18.5. The second-order valence-electron chi connectivity index (χ2n) is 5.25. The monoisotopic (exact) mass is 388 g/mol. The van der Waals surface area contributed by atoms with Gasteiger partial charge in [0.1, 0.15) is 6.33 Å². The third-order valence-corrected chi connectivity index (χ3v) is 4.19. The Hall–Kier alpha value is -2.83. The summed E-state index contributed by atoms with van der Waals surface area (Å²) in [5.41, 5.74) is 2.19. The molecule has 26 heavy (non-hydrogen) atoms. The fraction of sp³-hybridized carbons (Fsp3) is 0.0556. The SMILES string of the molecule is COC(=CC=Cc1cc2cc(Cl)c(Cl)cc2[nH]1)C(=O)Nc1cncnc1. The number of fused-ring (bicyclic) bond motifs is 1. The number of carbonyl (C=O) groups excluding carboxylic acids is 1. The fourth-order valence-corrected chi connectivity index (χ4v) is 2.61. The Labute approximate surface area is 159 Å². The van der Waals surface area contributed by atoms with Crippen molar-refractivity contribution in [2.24, 2.45) is 0 Å². The van der Waals surface area contributed by atoms with Crippen LogP contribution in [0.15, 0.2) is 54.8 Å². The smallest absolute Gasteiger partial charge is 0.290 e. The molecule has 3 rings (SSSR count). The second kappa shape index (κ2) is 8.03. The van der Waals surface area contributed by atoms with Gasteiger partial charge in [-0.2, -0.15) is 0 Å². The molecule has 0 bridgehead atoms. The van der Waals surface area contributed by atoms with Crippen LogP contribution in [0.2, 0.25) is 10.0 Å². The largest absolute Gasteiger partial charge is 0.491 e. The van der Waals surface area contributed by atoms with Gasteiger partial charge in [-0.3, -0.25) is 4.79 Å². The van der Waals surface area contributed by atoms with Gasteiger partial charge < -0.3 is 15.0 Å². The summed E-state index contributed by atoms with van der Waals surface area (Å²) in [4.78, 5) is 23.0. The summed E-state index contributed by atoms with van der Waals surface area (Å²) in [7, 11) is 1.42. The zero-order valence-corrected chi connectivity index (χ0v) is 15.2. The maximum Gasteiger partial charge on any atom is 0.290 e. The molecule has 0 saturated heterocycles. The molecule has 0 radical (unpaired) electrons. The maximum atomic E-state index is 12.2. The van der Waals surface area contributed by atoms with Crippen molar-refractivity contribution in [2.45, 2.75) is 0 Å². The average Bonchev–Trinajstić information content (AvgIpc) is 3.01. The first kappa shape index (κ1) is 18.0. The number of aromatic nitrogens is 3. The summed E-state index contributed by atoms with van der Waals surface area (Å²) in [5, 5.41) is 4.57. The van der Waals surface area contributed by atoms with E-state index in [0.717, 1.165) is 16.6 Å². The van der Waals surface area contributed by atoms with Gasteiger partial charge in [-0.1, -0.05) is 29.3 Å². The topological polar surface area (TPSA) is 79.9 Å². The number of benzene rings is 1. The number of carbonyl (C=O) groups is 1. The van der Waals surface area contributed by atoms with Crippen molar-refractivity contribution in [3.05, 3.63) is 70.6 Å². The van der Waals surface area contributed by atoms with E-state index in [4.69, 9.17) is 27.9 Å². The molecule has 2 aromatic heterocycles. The van der Waals surface area contributed by atoms with Crippen molar-refractivity contribution in [1.82, 2.24) is 15.0 Å². The highest BCUT2D eigenvalue weighted by Crippen LogP contribution is 2.28. The first-order chi connectivity index (χ1) is 12.6. The predicted molar refractivity (Wildman–Crippen MR) is 103 cm³/mol. The Balaban J connectivity index is 1.75. The zero-order valence-electron chi connectivity index (χ0n) is 13.7. The number of nitrogens with one attached hydrogen (secondary N) is 2. The van der Waals surface area contributed by atoms with Crippen LogP contribution in [-0.4, -0.2) is 28.0 Å². The van der Waals surface area contributed by atoms with Crippen molar-refractivity contribution >= 4 is 51.8 Å². The number of allylic oxidation sites excluding steroid dienone is 2. The van der Waals surface area contributed by atoms with E-state index >= 15 is 0 Å². The fourth-order valence-electron chi connectivity index (χ4n) is 2.27. The van der Waals surface area contributed by atoms with E-state index < -0.39 is 5.91 Å². The molecule has 0 fully saturated rings. The van der Waals surface area contributed by atoms with E-state index in [2.05, 4.69) is 20.3 Å². The lowest BCUT2D eigenvalue weighted by Gasteiger charge is -2.06. The van der Waals surface area contributed by atoms with Crippen LogP contribution >= 0.6 is 23.2 Å².